The van der Waals surface area contributed by atoms with Crippen LogP contribution in [0.3, 0.4) is 0 Å². The normalized spacial score (nSPS) is 16.4. The monoisotopic (exact) mass is 410 g/mol. The van der Waals surface area contributed by atoms with Crippen molar-refractivity contribution in [3.8, 4) is 11.4 Å². The number of rotatable bonds is 6. The number of hydrogen-bond donors (Lipinski definition) is 2. The fourth-order valence-electron chi connectivity index (χ4n) is 3.34. The number of hydrogen-bond acceptors (Lipinski definition) is 7. The maximum atomic E-state index is 14.5. The maximum Gasteiger partial charge on any atom is 0.186 e. The third-order valence-electron chi connectivity index (χ3n) is 4.83. The van der Waals surface area contributed by atoms with E-state index in [1.54, 1.807) is 28.0 Å². The fraction of sp³-hybridized carbons (Fsp3) is 0.250. The molecule has 1 unspecified atom stereocenters. The Kier molecular flexibility index (Phi) is 4.82. The highest BCUT2D eigenvalue weighted by Gasteiger charge is 2.16. The Balaban J connectivity index is 1.33. The molecule has 1 aliphatic rings. The second kappa shape index (κ2) is 7.76. The molecular formula is C20H19FN6OS. The average Bonchev–Trinajstić information content (AvgIpc) is 3.48. The molecule has 1 aromatic carbocycles. The summed E-state index contributed by atoms with van der Waals surface area (Å²) < 4.78 is 21.7. The van der Waals surface area contributed by atoms with Crippen LogP contribution >= 0.6 is 11.3 Å². The van der Waals surface area contributed by atoms with Crippen molar-refractivity contribution in [1.82, 2.24) is 19.8 Å². The van der Waals surface area contributed by atoms with Gasteiger partial charge in [0.15, 0.2) is 17.3 Å². The first kappa shape index (κ1) is 18.0. The summed E-state index contributed by atoms with van der Waals surface area (Å²) in [6.07, 6.45) is 2.23. The summed E-state index contributed by atoms with van der Waals surface area (Å²) in [6.45, 7) is 1.40. The summed E-state index contributed by atoms with van der Waals surface area (Å²) >= 11 is 1.59. The molecular weight excluding hydrogens is 391 g/mol. The van der Waals surface area contributed by atoms with Crippen LogP contribution in [0.1, 0.15) is 12.8 Å². The van der Waals surface area contributed by atoms with Crippen LogP contribution in [0.25, 0.3) is 17.0 Å². The minimum Gasteiger partial charge on any atom is -0.380 e. The van der Waals surface area contributed by atoms with Crippen molar-refractivity contribution in [2.45, 2.75) is 18.9 Å². The summed E-state index contributed by atoms with van der Waals surface area (Å²) in [5.41, 5.74) is 2.69. The molecule has 0 aliphatic carbocycles. The minimum absolute atomic E-state index is 0.157. The number of fused-ring (bicyclic) bond motifs is 1. The number of nitrogens with one attached hydrogen (secondary N) is 2. The zero-order valence-corrected chi connectivity index (χ0v) is 16.3. The van der Waals surface area contributed by atoms with Crippen molar-refractivity contribution >= 4 is 34.2 Å². The van der Waals surface area contributed by atoms with E-state index in [2.05, 4.69) is 25.9 Å². The quantitative estimate of drug-likeness (QED) is 0.493. The molecule has 1 aliphatic heterocycles. The maximum absolute atomic E-state index is 14.5. The standard InChI is InChI=1S/C20H19FN6OS/c21-16-10-14(3-4-17(16)22-11-15-2-1-8-28-15)23-18-5-6-19-24-25-20(27(19)26-18)13-7-9-29-12-13/h3-7,9-10,12,15,22H,1-2,8,11H2,(H,23,26). The van der Waals surface area contributed by atoms with E-state index in [-0.39, 0.29) is 11.9 Å². The van der Waals surface area contributed by atoms with Crippen molar-refractivity contribution in [3.63, 3.8) is 0 Å². The van der Waals surface area contributed by atoms with Gasteiger partial charge in [0.25, 0.3) is 0 Å². The third kappa shape index (κ3) is 3.79. The molecule has 1 saturated heterocycles. The van der Waals surface area contributed by atoms with E-state index in [1.807, 2.05) is 29.0 Å². The summed E-state index contributed by atoms with van der Waals surface area (Å²) in [5, 5.41) is 23.2. The van der Waals surface area contributed by atoms with Gasteiger partial charge in [-0.2, -0.15) is 15.9 Å². The lowest BCUT2D eigenvalue weighted by molar-refractivity contribution is 0.120. The van der Waals surface area contributed by atoms with E-state index < -0.39 is 0 Å². The van der Waals surface area contributed by atoms with Gasteiger partial charge in [-0.25, -0.2) is 4.39 Å². The Hall–Kier alpha value is -3.04. The molecule has 0 amide bonds. The number of halogens is 1. The van der Waals surface area contributed by atoms with E-state index in [1.165, 1.54) is 6.07 Å². The van der Waals surface area contributed by atoms with Crippen molar-refractivity contribution < 1.29 is 9.13 Å². The zero-order chi connectivity index (χ0) is 19.6. The Morgan fingerprint density at radius 2 is 2.17 bits per heavy atom. The van der Waals surface area contributed by atoms with Crippen LogP contribution in [0.5, 0.6) is 0 Å². The largest absolute Gasteiger partial charge is 0.380 e. The topological polar surface area (TPSA) is 76.4 Å². The van der Waals surface area contributed by atoms with Crippen LogP contribution in [-0.2, 0) is 4.74 Å². The molecule has 0 saturated carbocycles. The number of ether oxygens (including phenoxy) is 1. The Morgan fingerprint density at radius 1 is 1.21 bits per heavy atom. The molecule has 29 heavy (non-hydrogen) atoms. The van der Waals surface area contributed by atoms with Gasteiger partial charge >= 0.3 is 0 Å². The highest BCUT2D eigenvalue weighted by molar-refractivity contribution is 7.08. The van der Waals surface area contributed by atoms with E-state index in [0.717, 1.165) is 25.0 Å². The lowest BCUT2D eigenvalue weighted by atomic mass is 10.2. The van der Waals surface area contributed by atoms with Gasteiger partial charge in [0, 0.05) is 29.8 Å². The van der Waals surface area contributed by atoms with Crippen LogP contribution in [0.4, 0.5) is 21.6 Å². The predicted molar refractivity (Wildman–Crippen MR) is 111 cm³/mol. The van der Waals surface area contributed by atoms with Crippen LogP contribution in [-0.4, -0.2) is 39.1 Å². The van der Waals surface area contributed by atoms with Gasteiger partial charge < -0.3 is 15.4 Å². The third-order valence-corrected chi connectivity index (χ3v) is 5.51. The number of anilines is 3. The number of thiophene rings is 1. The first-order valence-electron chi connectivity index (χ1n) is 9.43. The van der Waals surface area contributed by atoms with Gasteiger partial charge in [0.1, 0.15) is 5.82 Å². The zero-order valence-electron chi connectivity index (χ0n) is 15.5. The number of nitrogens with zero attached hydrogens (tertiary/aromatic N) is 4. The second-order valence-corrected chi connectivity index (χ2v) is 7.64. The van der Waals surface area contributed by atoms with Crippen molar-refractivity contribution in [3.05, 3.63) is 53.0 Å². The van der Waals surface area contributed by atoms with E-state index >= 15 is 0 Å². The summed E-state index contributed by atoms with van der Waals surface area (Å²) in [7, 11) is 0. The molecule has 5 rings (SSSR count). The van der Waals surface area contributed by atoms with E-state index in [4.69, 9.17) is 4.74 Å². The van der Waals surface area contributed by atoms with Crippen molar-refractivity contribution in [1.29, 1.82) is 0 Å². The molecule has 4 aromatic rings. The van der Waals surface area contributed by atoms with Gasteiger partial charge in [0.05, 0.1) is 11.8 Å². The Morgan fingerprint density at radius 3 is 2.97 bits per heavy atom. The molecule has 0 spiro atoms. The van der Waals surface area contributed by atoms with Gasteiger partial charge in [0.2, 0.25) is 0 Å². The Labute approximate surface area is 170 Å². The molecule has 1 fully saturated rings. The average molecular weight is 410 g/mol. The van der Waals surface area contributed by atoms with Crippen LogP contribution in [0, 0.1) is 5.82 Å². The van der Waals surface area contributed by atoms with Crippen LogP contribution < -0.4 is 10.6 Å². The fourth-order valence-corrected chi connectivity index (χ4v) is 3.97. The summed E-state index contributed by atoms with van der Waals surface area (Å²) in [4.78, 5) is 0. The second-order valence-electron chi connectivity index (χ2n) is 6.86. The molecule has 1 atom stereocenters. The molecule has 0 bridgehead atoms. The molecule has 0 radical (unpaired) electrons. The predicted octanol–water partition coefficient (Wildman–Crippen LogP) is 4.33. The molecule has 148 valence electrons. The molecule has 2 N–H and O–H groups in total. The number of benzene rings is 1. The smallest absolute Gasteiger partial charge is 0.186 e. The molecule has 7 nitrogen and oxygen atoms in total. The van der Waals surface area contributed by atoms with Gasteiger partial charge in [-0.05, 0) is 54.6 Å². The SMILES string of the molecule is Fc1cc(Nc2ccc3nnc(-c4ccsc4)n3n2)ccc1NCC1CCCO1. The molecule has 4 heterocycles. The van der Waals surface area contributed by atoms with Crippen LogP contribution in [0.15, 0.2) is 47.2 Å². The minimum atomic E-state index is -0.322. The number of aromatic nitrogens is 4. The van der Waals surface area contributed by atoms with Gasteiger partial charge in [-0.3, -0.25) is 0 Å². The first-order valence-corrected chi connectivity index (χ1v) is 10.4. The summed E-state index contributed by atoms with van der Waals surface area (Å²) in [5.74, 6) is 0.926. The molecule has 9 heteroatoms. The highest BCUT2D eigenvalue weighted by Crippen LogP contribution is 2.24. The van der Waals surface area contributed by atoms with E-state index in [0.29, 0.717) is 35.2 Å². The van der Waals surface area contributed by atoms with Gasteiger partial charge in [-0.1, -0.05) is 0 Å². The van der Waals surface area contributed by atoms with Crippen LogP contribution in [0.2, 0.25) is 0 Å². The van der Waals surface area contributed by atoms with Crippen molar-refractivity contribution in [2.75, 3.05) is 23.8 Å². The highest BCUT2D eigenvalue weighted by atomic mass is 32.1. The van der Waals surface area contributed by atoms with E-state index in [9.17, 15) is 4.39 Å². The Bertz CT molecular complexity index is 1120. The lowest BCUT2D eigenvalue weighted by Crippen LogP contribution is -2.18. The van der Waals surface area contributed by atoms with Gasteiger partial charge in [-0.15, -0.1) is 15.3 Å². The van der Waals surface area contributed by atoms with Crippen molar-refractivity contribution in [2.24, 2.45) is 0 Å². The first-order chi connectivity index (χ1) is 14.3. The summed E-state index contributed by atoms with van der Waals surface area (Å²) in [6, 6.07) is 10.6. The molecule has 3 aromatic heterocycles. The lowest BCUT2D eigenvalue weighted by Gasteiger charge is -2.13.